The second-order valence-electron chi connectivity index (χ2n) is 3.61. The molecule has 0 radical (unpaired) electrons. The molecule has 1 aliphatic heterocycles. The van der Waals surface area contributed by atoms with Crippen LogP contribution in [0.2, 0.25) is 0 Å². The van der Waals surface area contributed by atoms with E-state index in [1.807, 2.05) is 4.90 Å². The van der Waals surface area contributed by atoms with E-state index in [1.54, 1.807) is 6.92 Å². The maximum atomic E-state index is 10.4. The molecule has 0 aromatic heterocycles. The highest BCUT2D eigenvalue weighted by atomic mass is 16.4. The zero-order chi connectivity index (χ0) is 9.84. The van der Waals surface area contributed by atoms with Gasteiger partial charge in [-0.2, -0.15) is 0 Å². The van der Waals surface area contributed by atoms with E-state index in [1.165, 1.54) is 0 Å². The predicted molar refractivity (Wildman–Crippen MR) is 50.0 cm³/mol. The van der Waals surface area contributed by atoms with Crippen LogP contribution in [-0.2, 0) is 4.79 Å². The maximum absolute atomic E-state index is 10.4. The fourth-order valence-corrected chi connectivity index (χ4v) is 1.72. The van der Waals surface area contributed by atoms with E-state index >= 15 is 0 Å². The first-order chi connectivity index (χ1) is 6.09. The Balaban J connectivity index is 2.30. The first kappa shape index (κ1) is 10.0. The lowest BCUT2D eigenvalue weighted by Gasteiger charge is -2.31. The number of amidine groups is 1. The summed E-state index contributed by atoms with van der Waals surface area (Å²) in [5.74, 6) is 0.201. The summed E-state index contributed by atoms with van der Waals surface area (Å²) in [6.45, 7) is 3.46. The van der Waals surface area contributed by atoms with Gasteiger partial charge in [0.15, 0.2) is 0 Å². The van der Waals surface area contributed by atoms with Gasteiger partial charge in [0.05, 0.1) is 5.84 Å². The van der Waals surface area contributed by atoms with Gasteiger partial charge in [-0.3, -0.25) is 10.2 Å². The number of rotatable bonds is 2. The van der Waals surface area contributed by atoms with Crippen LogP contribution in [0.3, 0.4) is 0 Å². The second-order valence-corrected chi connectivity index (χ2v) is 3.61. The molecule has 0 aromatic rings. The maximum Gasteiger partial charge on any atom is 0.303 e. The smallest absolute Gasteiger partial charge is 0.303 e. The van der Waals surface area contributed by atoms with E-state index in [0.29, 0.717) is 11.8 Å². The molecule has 1 heterocycles. The van der Waals surface area contributed by atoms with Crippen molar-refractivity contribution in [2.45, 2.75) is 26.2 Å². The molecular weight excluding hydrogens is 168 g/mol. The Morgan fingerprint density at radius 1 is 1.54 bits per heavy atom. The molecule has 74 valence electrons. The summed E-state index contributed by atoms with van der Waals surface area (Å²) in [6.07, 6.45) is 2.09. The zero-order valence-electron chi connectivity index (χ0n) is 7.92. The number of likely N-dealkylation sites (tertiary alicyclic amines) is 1. The van der Waals surface area contributed by atoms with Crippen LogP contribution in [0.15, 0.2) is 0 Å². The number of aliphatic carboxylic acids is 1. The molecule has 0 amide bonds. The van der Waals surface area contributed by atoms with Gasteiger partial charge in [-0.1, -0.05) is 0 Å². The average molecular weight is 184 g/mol. The van der Waals surface area contributed by atoms with Gasteiger partial charge in [-0.25, -0.2) is 0 Å². The van der Waals surface area contributed by atoms with Gasteiger partial charge in [0.25, 0.3) is 0 Å². The monoisotopic (exact) mass is 184 g/mol. The van der Waals surface area contributed by atoms with Crippen molar-refractivity contribution in [1.82, 2.24) is 4.90 Å². The lowest BCUT2D eigenvalue weighted by Crippen LogP contribution is -2.37. The molecule has 0 aromatic carbocycles. The van der Waals surface area contributed by atoms with E-state index in [2.05, 4.69) is 0 Å². The van der Waals surface area contributed by atoms with Crippen LogP contribution < -0.4 is 0 Å². The molecule has 1 saturated heterocycles. The molecule has 4 heteroatoms. The summed E-state index contributed by atoms with van der Waals surface area (Å²) >= 11 is 0. The van der Waals surface area contributed by atoms with E-state index in [9.17, 15) is 4.79 Å². The minimum Gasteiger partial charge on any atom is -0.481 e. The van der Waals surface area contributed by atoms with Crippen molar-refractivity contribution in [2.24, 2.45) is 5.92 Å². The molecular formula is C9H16N2O2. The molecule has 0 spiro atoms. The van der Waals surface area contributed by atoms with Gasteiger partial charge in [0, 0.05) is 19.5 Å². The van der Waals surface area contributed by atoms with E-state index in [-0.39, 0.29) is 6.42 Å². The van der Waals surface area contributed by atoms with Crippen molar-refractivity contribution in [2.75, 3.05) is 13.1 Å². The Kier molecular flexibility index (Phi) is 3.28. The predicted octanol–water partition coefficient (Wildman–Crippen LogP) is 1.17. The number of nitrogens with zero attached hydrogens (tertiary/aromatic N) is 1. The summed E-state index contributed by atoms with van der Waals surface area (Å²) in [6, 6.07) is 0. The van der Waals surface area contributed by atoms with E-state index < -0.39 is 5.97 Å². The van der Waals surface area contributed by atoms with E-state index in [0.717, 1.165) is 25.9 Å². The van der Waals surface area contributed by atoms with Gasteiger partial charge < -0.3 is 10.0 Å². The molecule has 0 bridgehead atoms. The highest BCUT2D eigenvalue weighted by Crippen LogP contribution is 2.20. The van der Waals surface area contributed by atoms with Crippen LogP contribution in [0.5, 0.6) is 0 Å². The Bertz CT molecular complexity index is 208. The Hall–Kier alpha value is -1.06. The zero-order valence-corrected chi connectivity index (χ0v) is 7.92. The fourth-order valence-electron chi connectivity index (χ4n) is 1.72. The number of hydrogen-bond acceptors (Lipinski definition) is 2. The van der Waals surface area contributed by atoms with Crippen LogP contribution in [0.25, 0.3) is 0 Å². The number of hydrogen-bond donors (Lipinski definition) is 2. The highest BCUT2D eigenvalue weighted by molar-refractivity contribution is 5.76. The lowest BCUT2D eigenvalue weighted by atomic mass is 9.94. The third-order valence-corrected chi connectivity index (χ3v) is 2.55. The van der Waals surface area contributed by atoms with Crippen LogP contribution in [0.4, 0.5) is 0 Å². The van der Waals surface area contributed by atoms with Crippen LogP contribution in [0, 0.1) is 11.3 Å². The first-order valence-electron chi connectivity index (χ1n) is 4.61. The molecule has 1 aliphatic rings. The fraction of sp³-hybridized carbons (Fsp3) is 0.778. The van der Waals surface area contributed by atoms with Gasteiger partial charge in [0.1, 0.15) is 0 Å². The number of piperidine rings is 1. The Morgan fingerprint density at radius 2 is 2.08 bits per heavy atom. The number of carboxylic acids is 1. The number of carbonyl (C=O) groups is 1. The van der Waals surface area contributed by atoms with Crippen LogP contribution in [-0.4, -0.2) is 34.9 Å². The van der Waals surface area contributed by atoms with Crippen LogP contribution in [0.1, 0.15) is 26.2 Å². The lowest BCUT2D eigenvalue weighted by molar-refractivity contribution is -0.138. The van der Waals surface area contributed by atoms with Crippen molar-refractivity contribution in [3.63, 3.8) is 0 Å². The highest BCUT2D eigenvalue weighted by Gasteiger charge is 2.21. The van der Waals surface area contributed by atoms with E-state index in [4.69, 9.17) is 10.5 Å². The third kappa shape index (κ3) is 3.05. The molecule has 4 nitrogen and oxygen atoms in total. The molecule has 0 saturated carbocycles. The van der Waals surface area contributed by atoms with Crippen molar-refractivity contribution in [1.29, 1.82) is 5.41 Å². The Labute approximate surface area is 78.1 Å². The topological polar surface area (TPSA) is 64.4 Å². The summed E-state index contributed by atoms with van der Waals surface area (Å²) in [5.41, 5.74) is 0. The van der Waals surface area contributed by atoms with Gasteiger partial charge >= 0.3 is 5.97 Å². The third-order valence-electron chi connectivity index (χ3n) is 2.55. The quantitative estimate of drug-likeness (QED) is 0.500. The Morgan fingerprint density at radius 3 is 2.46 bits per heavy atom. The standard InChI is InChI=1S/C9H16N2O2/c1-7(10)11-4-2-8(3-5-11)6-9(12)13/h8,10H,2-6H2,1H3,(H,12,13). The molecule has 1 rings (SSSR count). The van der Waals surface area contributed by atoms with Crippen LogP contribution >= 0.6 is 0 Å². The van der Waals surface area contributed by atoms with Crippen molar-refractivity contribution in [3.8, 4) is 0 Å². The van der Waals surface area contributed by atoms with Crippen molar-refractivity contribution >= 4 is 11.8 Å². The summed E-state index contributed by atoms with van der Waals surface area (Å²) in [4.78, 5) is 12.4. The minimum atomic E-state index is -0.704. The van der Waals surface area contributed by atoms with Crippen molar-refractivity contribution < 1.29 is 9.90 Å². The largest absolute Gasteiger partial charge is 0.481 e. The molecule has 0 atom stereocenters. The minimum absolute atomic E-state index is 0.283. The summed E-state index contributed by atoms with van der Waals surface area (Å²) in [5, 5.41) is 16.0. The average Bonchev–Trinajstić information content (AvgIpc) is 2.04. The summed E-state index contributed by atoms with van der Waals surface area (Å²) in [7, 11) is 0. The molecule has 0 aliphatic carbocycles. The molecule has 0 unspecified atom stereocenters. The van der Waals surface area contributed by atoms with Gasteiger partial charge in [-0.05, 0) is 25.7 Å². The first-order valence-corrected chi connectivity index (χ1v) is 4.61. The molecule has 1 fully saturated rings. The van der Waals surface area contributed by atoms with Gasteiger partial charge in [-0.15, -0.1) is 0 Å². The number of carboxylic acid groups (broad SMARTS) is 1. The SMILES string of the molecule is CC(=N)N1CCC(CC(=O)O)CC1. The molecule has 2 N–H and O–H groups in total. The second kappa shape index (κ2) is 4.25. The normalized spacial score (nSPS) is 18.7. The van der Waals surface area contributed by atoms with Gasteiger partial charge in [0.2, 0.25) is 0 Å². The summed E-state index contributed by atoms with van der Waals surface area (Å²) < 4.78 is 0. The molecule has 13 heavy (non-hydrogen) atoms. The van der Waals surface area contributed by atoms with Crippen molar-refractivity contribution in [3.05, 3.63) is 0 Å². The number of nitrogens with one attached hydrogen (secondary N) is 1.